The maximum atomic E-state index is 13.2. The fourth-order valence-electron chi connectivity index (χ4n) is 4.03. The Kier molecular flexibility index (Phi) is 5.45. The zero-order chi connectivity index (χ0) is 20.0. The molecule has 4 rings (SSSR count). The van der Waals surface area contributed by atoms with Gasteiger partial charge in [0.05, 0.1) is 10.7 Å². The summed E-state index contributed by atoms with van der Waals surface area (Å²) in [4.78, 5) is 27.7. The van der Waals surface area contributed by atoms with E-state index >= 15 is 0 Å². The highest BCUT2D eigenvalue weighted by atomic mass is 35.5. The Balaban J connectivity index is 1.92. The zero-order valence-electron chi connectivity index (χ0n) is 14.6. The van der Waals surface area contributed by atoms with Crippen LogP contribution in [-0.2, 0) is 9.59 Å². The Morgan fingerprint density at radius 2 is 1.61 bits per heavy atom. The number of hydrogen-bond acceptors (Lipinski definition) is 2. The van der Waals surface area contributed by atoms with Crippen molar-refractivity contribution in [1.82, 2.24) is 0 Å². The lowest BCUT2D eigenvalue weighted by Gasteiger charge is -2.39. The minimum Gasteiger partial charge on any atom is -0.294 e. The van der Waals surface area contributed by atoms with Crippen LogP contribution in [0.1, 0.15) is 37.2 Å². The smallest absolute Gasteiger partial charge is 0.232 e. The van der Waals surface area contributed by atoms with Crippen LogP contribution in [0.25, 0.3) is 0 Å². The summed E-state index contributed by atoms with van der Waals surface area (Å²) < 4.78 is 0. The number of hydrogen-bond donors (Lipinski definition) is 0. The SMILES string of the molecule is O=C1CCCC2=C1C(c1c(Cl)cccc1Cl)CC(=O)N2c1ccc(Cl)cc1Cl. The minimum absolute atomic E-state index is 0.0184. The van der Waals surface area contributed by atoms with E-state index in [0.717, 1.165) is 0 Å². The second kappa shape index (κ2) is 7.72. The third-order valence-corrected chi connectivity index (χ3v) is 6.37. The number of carbonyl (C=O) groups is 2. The molecule has 144 valence electrons. The first kappa shape index (κ1) is 19.8. The van der Waals surface area contributed by atoms with Gasteiger partial charge in [-0.1, -0.05) is 52.5 Å². The Bertz CT molecular complexity index is 1010. The molecule has 2 aliphatic rings. The third kappa shape index (κ3) is 3.35. The zero-order valence-corrected chi connectivity index (χ0v) is 17.7. The van der Waals surface area contributed by atoms with Gasteiger partial charge in [0.25, 0.3) is 0 Å². The first-order valence-electron chi connectivity index (χ1n) is 8.86. The molecule has 1 amide bonds. The Morgan fingerprint density at radius 1 is 0.893 bits per heavy atom. The summed E-state index contributed by atoms with van der Waals surface area (Å²) in [5.41, 5.74) is 2.44. The summed E-state index contributed by atoms with van der Waals surface area (Å²) in [7, 11) is 0. The molecule has 0 fully saturated rings. The van der Waals surface area contributed by atoms with Crippen molar-refractivity contribution >= 4 is 63.8 Å². The number of carbonyl (C=O) groups excluding carboxylic acids is 2. The van der Waals surface area contributed by atoms with Crippen molar-refractivity contribution in [1.29, 1.82) is 0 Å². The number of benzene rings is 2. The number of Topliss-reactive ketones (excluding diaryl/α,β-unsaturated/α-hetero) is 1. The molecule has 0 spiro atoms. The molecular formula is C21H15Cl4NO2. The van der Waals surface area contributed by atoms with Crippen LogP contribution in [-0.4, -0.2) is 11.7 Å². The van der Waals surface area contributed by atoms with Gasteiger partial charge in [0.15, 0.2) is 5.78 Å². The molecule has 1 aliphatic heterocycles. The van der Waals surface area contributed by atoms with Gasteiger partial charge in [-0.25, -0.2) is 0 Å². The molecule has 0 radical (unpaired) electrons. The molecule has 1 atom stereocenters. The molecule has 0 aromatic heterocycles. The van der Waals surface area contributed by atoms with Gasteiger partial charge in [-0.15, -0.1) is 0 Å². The minimum atomic E-state index is -0.459. The molecule has 0 bridgehead atoms. The Labute approximate surface area is 182 Å². The summed E-state index contributed by atoms with van der Waals surface area (Å²) in [6, 6.07) is 10.2. The molecule has 2 aromatic rings. The maximum absolute atomic E-state index is 13.2. The number of halogens is 4. The van der Waals surface area contributed by atoms with Gasteiger partial charge in [0.2, 0.25) is 5.91 Å². The van der Waals surface area contributed by atoms with Gasteiger partial charge in [0.1, 0.15) is 0 Å². The fraction of sp³-hybridized carbons (Fsp3) is 0.238. The van der Waals surface area contributed by atoms with Crippen molar-refractivity contribution in [3.8, 4) is 0 Å². The molecule has 1 heterocycles. The van der Waals surface area contributed by atoms with E-state index in [2.05, 4.69) is 0 Å². The van der Waals surface area contributed by atoms with Gasteiger partial charge < -0.3 is 0 Å². The van der Waals surface area contributed by atoms with Crippen molar-refractivity contribution in [3.63, 3.8) is 0 Å². The second-order valence-electron chi connectivity index (χ2n) is 6.85. The monoisotopic (exact) mass is 453 g/mol. The topological polar surface area (TPSA) is 37.4 Å². The molecule has 0 saturated carbocycles. The molecule has 2 aromatic carbocycles. The van der Waals surface area contributed by atoms with Crippen LogP contribution in [0.2, 0.25) is 20.1 Å². The van der Waals surface area contributed by atoms with E-state index in [1.807, 2.05) is 0 Å². The number of ketones is 1. The second-order valence-corrected chi connectivity index (χ2v) is 8.51. The summed E-state index contributed by atoms with van der Waals surface area (Å²) in [6.45, 7) is 0. The molecule has 1 unspecified atom stereocenters. The highest BCUT2D eigenvalue weighted by Gasteiger charge is 2.41. The van der Waals surface area contributed by atoms with Crippen LogP contribution < -0.4 is 4.90 Å². The van der Waals surface area contributed by atoms with Crippen molar-refractivity contribution in [3.05, 3.63) is 73.3 Å². The van der Waals surface area contributed by atoms with Crippen molar-refractivity contribution < 1.29 is 9.59 Å². The number of anilines is 1. The van der Waals surface area contributed by atoms with E-state index in [1.165, 1.54) is 0 Å². The quantitative estimate of drug-likeness (QED) is 0.498. The highest BCUT2D eigenvalue weighted by molar-refractivity contribution is 6.37. The average Bonchev–Trinajstić information content (AvgIpc) is 2.63. The van der Waals surface area contributed by atoms with Gasteiger partial charge in [0, 0.05) is 45.1 Å². The molecular weight excluding hydrogens is 440 g/mol. The summed E-state index contributed by atoms with van der Waals surface area (Å²) in [5, 5.41) is 1.75. The molecule has 3 nitrogen and oxygen atoms in total. The van der Waals surface area contributed by atoms with Crippen LogP contribution in [0.15, 0.2) is 47.7 Å². The van der Waals surface area contributed by atoms with Crippen LogP contribution >= 0.6 is 46.4 Å². The number of nitrogens with zero attached hydrogens (tertiary/aromatic N) is 1. The van der Waals surface area contributed by atoms with Crippen LogP contribution in [0, 0.1) is 0 Å². The van der Waals surface area contributed by atoms with E-state index in [-0.39, 0.29) is 18.1 Å². The normalized spacial score (nSPS) is 19.9. The molecule has 28 heavy (non-hydrogen) atoms. The van der Waals surface area contributed by atoms with Crippen LogP contribution in [0.5, 0.6) is 0 Å². The standard InChI is InChI=1S/C21H15Cl4NO2/c22-11-7-8-16(15(25)9-11)26-17-5-2-6-18(27)21(17)12(10-19(26)28)20-13(23)3-1-4-14(20)24/h1,3-4,7-9,12H,2,5-6,10H2. The fourth-order valence-corrected chi connectivity index (χ4v) is 5.18. The predicted molar refractivity (Wildman–Crippen MR) is 114 cm³/mol. The lowest BCUT2D eigenvalue weighted by molar-refractivity contribution is -0.119. The summed E-state index contributed by atoms with van der Waals surface area (Å²) >= 11 is 25.2. The predicted octanol–water partition coefficient (Wildman–Crippen LogP) is 6.83. The van der Waals surface area contributed by atoms with Crippen molar-refractivity contribution in [2.75, 3.05) is 4.90 Å². The first-order valence-corrected chi connectivity index (χ1v) is 10.4. The van der Waals surface area contributed by atoms with Gasteiger partial charge >= 0.3 is 0 Å². The van der Waals surface area contributed by atoms with E-state index in [9.17, 15) is 9.59 Å². The number of amides is 1. The molecule has 0 N–H and O–H groups in total. The number of allylic oxidation sites excluding steroid dienone is 2. The van der Waals surface area contributed by atoms with E-state index in [4.69, 9.17) is 46.4 Å². The summed E-state index contributed by atoms with van der Waals surface area (Å²) in [5.74, 6) is -0.595. The van der Waals surface area contributed by atoms with Gasteiger partial charge in [-0.05, 0) is 48.7 Å². The maximum Gasteiger partial charge on any atom is 0.232 e. The molecule has 7 heteroatoms. The van der Waals surface area contributed by atoms with E-state index < -0.39 is 5.92 Å². The molecule has 0 saturated heterocycles. The van der Waals surface area contributed by atoms with E-state index in [0.29, 0.717) is 61.9 Å². The largest absolute Gasteiger partial charge is 0.294 e. The number of rotatable bonds is 2. The van der Waals surface area contributed by atoms with Gasteiger partial charge in [-0.3, -0.25) is 14.5 Å². The first-order chi connectivity index (χ1) is 13.4. The Hall–Kier alpha value is -1.52. The molecule has 1 aliphatic carbocycles. The van der Waals surface area contributed by atoms with Gasteiger partial charge in [-0.2, -0.15) is 0 Å². The van der Waals surface area contributed by atoms with Crippen molar-refractivity contribution in [2.24, 2.45) is 0 Å². The highest BCUT2D eigenvalue weighted by Crippen LogP contribution is 2.47. The van der Waals surface area contributed by atoms with E-state index in [1.54, 1.807) is 41.3 Å². The lowest BCUT2D eigenvalue weighted by Crippen LogP contribution is -2.40. The average molecular weight is 455 g/mol. The summed E-state index contributed by atoms with van der Waals surface area (Å²) in [6.07, 6.45) is 1.81. The van der Waals surface area contributed by atoms with Crippen LogP contribution in [0.4, 0.5) is 5.69 Å². The Morgan fingerprint density at radius 3 is 2.29 bits per heavy atom. The third-order valence-electron chi connectivity index (χ3n) is 5.17. The van der Waals surface area contributed by atoms with Crippen molar-refractivity contribution in [2.45, 2.75) is 31.6 Å². The lowest BCUT2D eigenvalue weighted by atomic mass is 9.77. The van der Waals surface area contributed by atoms with Crippen LogP contribution in [0.3, 0.4) is 0 Å².